The molecule has 0 aromatic heterocycles. The molecule has 4 atom stereocenters. The number of ether oxygens (including phenoxy) is 2. The van der Waals surface area contributed by atoms with Gasteiger partial charge in [-0.25, -0.2) is 8.42 Å². The maximum atomic E-state index is 13.5. The summed E-state index contributed by atoms with van der Waals surface area (Å²) >= 11 is 0. The Hall–Kier alpha value is -2.71. The Morgan fingerprint density at radius 2 is 1.11 bits per heavy atom. The number of hydrogen-bond donors (Lipinski definition) is 1. The zero-order chi connectivity index (χ0) is 20.3. The second-order valence-electron chi connectivity index (χ2n) is 6.54. The molecule has 1 aliphatic heterocycles. The van der Waals surface area contributed by atoms with Gasteiger partial charge in [-0.15, -0.1) is 0 Å². The second-order valence-corrected chi connectivity index (χ2v) is 8.74. The van der Waals surface area contributed by atoms with E-state index in [9.17, 15) is 18.0 Å². The summed E-state index contributed by atoms with van der Waals surface area (Å²) < 4.78 is 36.5. The zero-order valence-electron chi connectivity index (χ0n) is 15.5. The van der Waals surface area contributed by atoms with Crippen molar-refractivity contribution in [3.63, 3.8) is 0 Å². The fraction of sp³-hybridized carbons (Fsp3) is 0.300. The van der Waals surface area contributed by atoms with Crippen molar-refractivity contribution in [1.29, 1.82) is 0 Å². The molecule has 0 amide bonds. The predicted octanol–water partition coefficient (Wildman–Crippen LogP) is 0.544. The first-order valence-electron chi connectivity index (χ1n) is 8.75. The number of rotatable bonds is 4. The topological polar surface area (TPSA) is 103 Å². The van der Waals surface area contributed by atoms with Crippen LogP contribution in [0.25, 0.3) is 0 Å². The summed E-state index contributed by atoms with van der Waals surface area (Å²) in [5.74, 6) is -1.80. The van der Waals surface area contributed by atoms with Crippen LogP contribution in [0.2, 0.25) is 0 Å². The minimum absolute atomic E-state index is 0.658. The quantitative estimate of drug-likeness (QED) is 0.747. The van der Waals surface area contributed by atoms with Crippen molar-refractivity contribution < 1.29 is 32.8 Å². The van der Waals surface area contributed by atoms with Gasteiger partial charge in [-0.2, -0.15) is 0 Å². The van der Waals surface area contributed by atoms with Crippen LogP contribution in [0.3, 0.4) is 0 Å². The Balaban J connectivity index is 2.19. The minimum Gasteiger partial charge on any atom is -0.468 e. The molecule has 1 saturated heterocycles. The molecule has 7 nitrogen and oxygen atoms in total. The Kier molecular flexibility index (Phi) is 5.81. The molecule has 0 aliphatic carbocycles. The lowest BCUT2D eigenvalue weighted by molar-refractivity contribution is -0.734. The lowest BCUT2D eigenvalue weighted by Crippen LogP contribution is -2.94. The molecule has 0 saturated carbocycles. The van der Waals surface area contributed by atoms with Gasteiger partial charge in [0.2, 0.25) is 10.5 Å². The molecule has 28 heavy (non-hydrogen) atoms. The Morgan fingerprint density at radius 3 is 1.43 bits per heavy atom. The maximum absolute atomic E-state index is 13.5. The minimum atomic E-state index is -4.26. The summed E-state index contributed by atoms with van der Waals surface area (Å²) in [5.41, 5.74) is 1.32. The van der Waals surface area contributed by atoms with E-state index in [-0.39, 0.29) is 0 Å². The molecule has 2 aromatic rings. The van der Waals surface area contributed by atoms with Crippen LogP contribution < -0.4 is 5.32 Å². The van der Waals surface area contributed by atoms with E-state index < -0.39 is 44.4 Å². The summed E-state index contributed by atoms with van der Waals surface area (Å²) in [6, 6.07) is 16.2. The van der Waals surface area contributed by atoms with Crippen molar-refractivity contribution in [3.05, 3.63) is 71.8 Å². The molecule has 3 rings (SSSR count). The monoisotopic (exact) mass is 404 g/mol. The van der Waals surface area contributed by atoms with E-state index in [2.05, 4.69) is 0 Å². The van der Waals surface area contributed by atoms with Crippen molar-refractivity contribution in [1.82, 2.24) is 0 Å². The van der Waals surface area contributed by atoms with Gasteiger partial charge in [0, 0.05) is 11.1 Å². The summed E-state index contributed by atoms with van der Waals surface area (Å²) in [4.78, 5) is 25.0. The fourth-order valence-corrected chi connectivity index (χ4v) is 6.07. The highest BCUT2D eigenvalue weighted by atomic mass is 32.2. The van der Waals surface area contributed by atoms with Gasteiger partial charge in [0.05, 0.1) is 14.2 Å². The standard InChI is InChI=1S/C20H21NO6S/c1-26-19(22)17-15(13-9-5-3-6-10-13)21-16(14-11-7-4-8-12-14)18(20(23)27-2)28(17,24)25/h3-12,15-18,21H,1-2H3/p+1/t15-,16-,17-,18-/m1/s1. The van der Waals surface area contributed by atoms with Gasteiger partial charge < -0.3 is 14.8 Å². The number of benzene rings is 2. The van der Waals surface area contributed by atoms with Crippen molar-refractivity contribution >= 4 is 21.8 Å². The SMILES string of the molecule is COC(=O)[C@H]1[C@@H](c2ccccc2)[NH2+][C@H](c2ccccc2)[C@H](C(=O)OC)S1(=O)=O. The number of carbonyl (C=O) groups excluding carboxylic acids is 2. The molecule has 0 unspecified atom stereocenters. The van der Waals surface area contributed by atoms with E-state index in [0.717, 1.165) is 14.2 Å². The van der Waals surface area contributed by atoms with Gasteiger partial charge >= 0.3 is 11.9 Å². The molecule has 148 valence electrons. The van der Waals surface area contributed by atoms with Gasteiger partial charge in [-0.1, -0.05) is 60.7 Å². The van der Waals surface area contributed by atoms with Crippen LogP contribution in [-0.4, -0.2) is 45.1 Å². The first kappa shape index (κ1) is 20.0. The van der Waals surface area contributed by atoms with Crippen LogP contribution >= 0.6 is 0 Å². The number of esters is 2. The fourth-order valence-electron chi connectivity index (χ4n) is 3.71. The van der Waals surface area contributed by atoms with E-state index in [4.69, 9.17) is 9.47 Å². The molecular weight excluding hydrogens is 382 g/mol. The van der Waals surface area contributed by atoms with Crippen molar-refractivity contribution in [2.75, 3.05) is 14.2 Å². The van der Waals surface area contributed by atoms with Gasteiger partial charge in [0.1, 0.15) is 12.1 Å². The van der Waals surface area contributed by atoms with Crippen LogP contribution in [0.15, 0.2) is 60.7 Å². The molecule has 1 fully saturated rings. The third-order valence-corrected chi connectivity index (χ3v) is 7.40. The second kappa shape index (κ2) is 8.12. The average molecular weight is 404 g/mol. The lowest BCUT2D eigenvalue weighted by Gasteiger charge is -2.37. The third kappa shape index (κ3) is 3.53. The van der Waals surface area contributed by atoms with E-state index in [0.29, 0.717) is 11.1 Å². The number of nitrogens with two attached hydrogens (primary N) is 1. The molecule has 0 bridgehead atoms. The molecule has 2 N–H and O–H groups in total. The van der Waals surface area contributed by atoms with Crippen LogP contribution in [0.4, 0.5) is 0 Å². The number of methoxy groups -OCH3 is 2. The number of carbonyl (C=O) groups is 2. The van der Waals surface area contributed by atoms with Crippen LogP contribution in [-0.2, 0) is 28.9 Å². The lowest BCUT2D eigenvalue weighted by atomic mass is 9.97. The highest BCUT2D eigenvalue weighted by Gasteiger charge is 2.59. The first-order valence-corrected chi connectivity index (χ1v) is 10.4. The molecule has 2 aromatic carbocycles. The van der Waals surface area contributed by atoms with Gasteiger partial charge in [0.15, 0.2) is 9.84 Å². The van der Waals surface area contributed by atoms with E-state index >= 15 is 0 Å². The van der Waals surface area contributed by atoms with Gasteiger partial charge in [-0.3, -0.25) is 9.59 Å². The van der Waals surface area contributed by atoms with E-state index in [1.165, 1.54) is 0 Å². The predicted molar refractivity (Wildman–Crippen MR) is 101 cm³/mol. The zero-order valence-corrected chi connectivity index (χ0v) is 16.3. The van der Waals surface area contributed by atoms with Crippen LogP contribution in [0.5, 0.6) is 0 Å². The molecule has 0 spiro atoms. The number of hydrogen-bond acceptors (Lipinski definition) is 6. The first-order chi connectivity index (χ1) is 13.4. The highest BCUT2D eigenvalue weighted by molar-refractivity contribution is 7.94. The highest BCUT2D eigenvalue weighted by Crippen LogP contribution is 2.34. The number of sulfone groups is 1. The normalized spacial score (nSPS) is 26.2. The van der Waals surface area contributed by atoms with Crippen molar-refractivity contribution in [3.8, 4) is 0 Å². The molecular formula is C20H22NO6S+. The van der Waals surface area contributed by atoms with Gasteiger partial charge in [0.25, 0.3) is 0 Å². The van der Waals surface area contributed by atoms with Crippen LogP contribution in [0.1, 0.15) is 23.2 Å². The summed E-state index contributed by atoms with van der Waals surface area (Å²) in [6.07, 6.45) is 0. The van der Waals surface area contributed by atoms with Crippen molar-refractivity contribution in [2.24, 2.45) is 0 Å². The average Bonchev–Trinajstić information content (AvgIpc) is 2.72. The molecule has 1 aliphatic rings. The van der Waals surface area contributed by atoms with Crippen molar-refractivity contribution in [2.45, 2.75) is 22.6 Å². The Labute approximate surface area is 163 Å². The Bertz CT molecular complexity index is 874. The number of quaternary nitrogens is 1. The van der Waals surface area contributed by atoms with E-state index in [1.54, 1.807) is 66.0 Å². The Morgan fingerprint density at radius 1 is 0.750 bits per heavy atom. The largest absolute Gasteiger partial charge is 0.468 e. The summed E-state index contributed by atoms with van der Waals surface area (Å²) in [6.45, 7) is 0. The summed E-state index contributed by atoms with van der Waals surface area (Å²) in [7, 11) is -1.99. The van der Waals surface area contributed by atoms with E-state index in [1.807, 2.05) is 0 Å². The third-order valence-electron chi connectivity index (χ3n) is 5.01. The van der Waals surface area contributed by atoms with Gasteiger partial charge in [-0.05, 0) is 0 Å². The molecule has 8 heteroatoms. The maximum Gasteiger partial charge on any atom is 0.330 e. The smallest absolute Gasteiger partial charge is 0.330 e. The van der Waals surface area contributed by atoms with Crippen LogP contribution in [0, 0.1) is 0 Å². The molecule has 0 radical (unpaired) electrons. The summed E-state index contributed by atoms with van der Waals surface area (Å²) in [5, 5.41) is -1.30. The molecule has 1 heterocycles.